The molecule has 1 atom stereocenters. The molecule has 0 saturated heterocycles. The Balaban J connectivity index is 1.88. The van der Waals surface area contributed by atoms with E-state index in [0.29, 0.717) is 35.6 Å². The van der Waals surface area contributed by atoms with Gasteiger partial charge in [-0.05, 0) is 59.9 Å². The normalized spacial score (nSPS) is 15.4. The maximum Gasteiger partial charge on any atom is 0.416 e. The van der Waals surface area contributed by atoms with E-state index in [1.807, 2.05) is 29.1 Å². The van der Waals surface area contributed by atoms with Crippen molar-refractivity contribution >= 4 is 23.6 Å². The van der Waals surface area contributed by atoms with Crippen LogP contribution >= 0.6 is 0 Å². The first-order chi connectivity index (χ1) is 20.8. The topological polar surface area (TPSA) is 127 Å². The van der Waals surface area contributed by atoms with Crippen LogP contribution in [0.1, 0.15) is 60.5 Å². The highest BCUT2D eigenvalue weighted by molar-refractivity contribution is 6.10. The molecule has 1 aliphatic heterocycles. The van der Waals surface area contributed by atoms with Crippen molar-refractivity contribution in [2.24, 2.45) is 5.73 Å². The molecule has 1 aromatic heterocycles. The monoisotopic (exact) mass is 605 g/mol. The number of allylic oxidation sites excluding steroid dienone is 1. The van der Waals surface area contributed by atoms with Crippen LogP contribution < -0.4 is 15.2 Å². The number of benzene rings is 2. The average molecular weight is 606 g/mol. The Labute approximate surface area is 253 Å². The summed E-state index contributed by atoms with van der Waals surface area (Å²) >= 11 is 0. The van der Waals surface area contributed by atoms with Gasteiger partial charge in [0.15, 0.2) is 18.9 Å². The third-order valence-corrected chi connectivity index (χ3v) is 7.56. The molecule has 0 bridgehead atoms. The van der Waals surface area contributed by atoms with Gasteiger partial charge >= 0.3 is 18.2 Å². The van der Waals surface area contributed by atoms with E-state index in [-0.39, 0.29) is 17.0 Å². The molecule has 44 heavy (non-hydrogen) atoms. The van der Waals surface area contributed by atoms with Crippen LogP contribution in [-0.2, 0) is 28.7 Å². The molecule has 1 aliphatic rings. The minimum atomic E-state index is -4.67. The van der Waals surface area contributed by atoms with Gasteiger partial charge in [-0.1, -0.05) is 26.0 Å². The van der Waals surface area contributed by atoms with Crippen LogP contribution in [-0.4, -0.2) is 30.0 Å². The van der Waals surface area contributed by atoms with E-state index in [0.717, 1.165) is 29.0 Å². The van der Waals surface area contributed by atoms with Crippen LogP contribution in [0, 0.1) is 16.7 Å². The zero-order valence-corrected chi connectivity index (χ0v) is 24.6. The molecule has 0 spiro atoms. The Morgan fingerprint density at radius 1 is 1.14 bits per heavy atom. The third kappa shape index (κ3) is 6.27. The van der Waals surface area contributed by atoms with Gasteiger partial charge in [0.25, 0.3) is 0 Å². The SMILES string of the molecule is COC(=O)C1=C(C)N(c2cccc(C(F)(F)F)c2)C(=N)N(C(N)=O)[C@@H]1c1ccc(C#N)cc1CC[n+]1ccc(C(C)C)cc1. The van der Waals surface area contributed by atoms with Crippen molar-refractivity contribution in [3.8, 4) is 6.07 Å². The second-order valence-corrected chi connectivity index (χ2v) is 10.6. The zero-order chi connectivity index (χ0) is 32.3. The number of hydrogen-bond donors (Lipinski definition) is 2. The quantitative estimate of drug-likeness (QED) is 0.270. The summed E-state index contributed by atoms with van der Waals surface area (Å²) < 4.78 is 47.7. The molecular weight excluding hydrogens is 573 g/mol. The van der Waals surface area contributed by atoms with Gasteiger partial charge in [-0.3, -0.25) is 15.2 Å². The average Bonchev–Trinajstić information content (AvgIpc) is 2.99. The lowest BCUT2D eigenvalue weighted by Gasteiger charge is -2.43. The lowest BCUT2D eigenvalue weighted by Crippen LogP contribution is -2.55. The van der Waals surface area contributed by atoms with E-state index in [1.165, 1.54) is 30.7 Å². The third-order valence-electron chi connectivity index (χ3n) is 7.56. The van der Waals surface area contributed by atoms with Gasteiger partial charge in [-0.25, -0.2) is 14.2 Å². The van der Waals surface area contributed by atoms with Crippen LogP contribution in [0.2, 0.25) is 0 Å². The minimum absolute atomic E-state index is 0.0811. The summed E-state index contributed by atoms with van der Waals surface area (Å²) in [6.07, 6.45) is -0.427. The number of nitrogens with zero attached hydrogens (tertiary/aromatic N) is 4. The lowest BCUT2D eigenvalue weighted by atomic mass is 9.88. The summed E-state index contributed by atoms with van der Waals surface area (Å²) in [5, 5.41) is 18.6. The van der Waals surface area contributed by atoms with Crippen LogP contribution in [0.15, 0.2) is 78.3 Å². The van der Waals surface area contributed by atoms with Gasteiger partial charge in [0.05, 0.1) is 29.9 Å². The number of esters is 1. The van der Waals surface area contributed by atoms with E-state index in [4.69, 9.17) is 15.9 Å². The van der Waals surface area contributed by atoms with E-state index in [1.54, 1.807) is 12.1 Å². The number of carbonyl (C=O) groups is 2. The number of nitrogens with one attached hydrogen (secondary N) is 1. The molecule has 0 saturated carbocycles. The first-order valence-corrected chi connectivity index (χ1v) is 13.7. The number of primary amides is 1. The highest BCUT2D eigenvalue weighted by Gasteiger charge is 2.44. The molecule has 0 unspecified atom stereocenters. The molecule has 0 fully saturated rings. The number of nitriles is 1. The molecule has 4 rings (SSSR count). The minimum Gasteiger partial charge on any atom is -0.466 e. The van der Waals surface area contributed by atoms with Crippen molar-refractivity contribution in [1.29, 1.82) is 10.7 Å². The van der Waals surface area contributed by atoms with Gasteiger partial charge in [0.2, 0.25) is 5.96 Å². The highest BCUT2D eigenvalue weighted by atomic mass is 19.4. The summed E-state index contributed by atoms with van der Waals surface area (Å²) in [5.41, 5.74) is 7.22. The van der Waals surface area contributed by atoms with Crippen molar-refractivity contribution < 1.29 is 32.1 Å². The van der Waals surface area contributed by atoms with Crippen LogP contribution in [0.3, 0.4) is 0 Å². The maximum absolute atomic E-state index is 13.6. The number of methoxy groups -OCH3 is 1. The standard InChI is InChI=1S/C32H31F3N6O3/c1-19(2)22-10-13-39(14-11-22)15-12-23-16-21(18-36)8-9-26(23)28-27(29(42)44-4)20(3)40(30(37)41(28)31(38)43)25-7-5-6-24(17-25)32(33,34)35/h5-11,13-14,16-17,19,28,37H,12,15H2,1-4H3,(H-,38,43)/p+1/t28-/m1/s1. The number of hydrogen-bond acceptors (Lipinski definition) is 5. The van der Waals surface area contributed by atoms with E-state index in [9.17, 15) is 28.0 Å². The van der Waals surface area contributed by atoms with E-state index in [2.05, 4.69) is 19.9 Å². The highest BCUT2D eigenvalue weighted by Crippen LogP contribution is 2.42. The van der Waals surface area contributed by atoms with E-state index >= 15 is 0 Å². The van der Waals surface area contributed by atoms with Crippen molar-refractivity contribution in [2.75, 3.05) is 12.0 Å². The number of nitrogens with two attached hydrogens (primary N) is 1. The van der Waals surface area contributed by atoms with Crippen molar-refractivity contribution in [2.45, 2.75) is 51.9 Å². The zero-order valence-electron chi connectivity index (χ0n) is 24.6. The van der Waals surface area contributed by atoms with Crippen LogP contribution in [0.4, 0.5) is 23.7 Å². The Hall–Kier alpha value is -5.18. The molecule has 0 aliphatic carbocycles. The largest absolute Gasteiger partial charge is 0.466 e. The Morgan fingerprint density at radius 2 is 1.82 bits per heavy atom. The Kier molecular flexibility index (Phi) is 9.08. The summed E-state index contributed by atoms with van der Waals surface area (Å²) in [6.45, 7) is 6.12. The molecule has 228 valence electrons. The molecule has 12 heteroatoms. The first kappa shape index (κ1) is 31.7. The summed E-state index contributed by atoms with van der Waals surface area (Å²) in [7, 11) is 1.14. The molecule has 3 aromatic rings. The fourth-order valence-corrected chi connectivity index (χ4v) is 5.28. The number of pyridine rings is 1. The van der Waals surface area contributed by atoms with Crippen LogP contribution in [0.5, 0.6) is 0 Å². The number of carbonyl (C=O) groups excluding carboxylic acids is 2. The van der Waals surface area contributed by atoms with Crippen molar-refractivity contribution in [3.63, 3.8) is 0 Å². The molecule has 3 N–H and O–H groups in total. The predicted octanol–water partition coefficient (Wildman–Crippen LogP) is 5.55. The number of alkyl halides is 3. The second kappa shape index (κ2) is 12.6. The number of urea groups is 1. The Morgan fingerprint density at radius 3 is 2.39 bits per heavy atom. The number of guanidine groups is 1. The molecule has 0 radical (unpaired) electrons. The number of rotatable bonds is 7. The number of aryl methyl sites for hydroxylation is 2. The lowest BCUT2D eigenvalue weighted by molar-refractivity contribution is -0.696. The first-order valence-electron chi connectivity index (χ1n) is 13.7. The Bertz CT molecular complexity index is 1680. The van der Waals surface area contributed by atoms with Crippen molar-refractivity contribution in [3.05, 3.63) is 106 Å². The number of halogens is 3. The molecule has 9 nitrogen and oxygen atoms in total. The fourth-order valence-electron chi connectivity index (χ4n) is 5.28. The maximum atomic E-state index is 13.6. The number of amides is 2. The smallest absolute Gasteiger partial charge is 0.416 e. The predicted molar refractivity (Wildman–Crippen MR) is 156 cm³/mol. The van der Waals surface area contributed by atoms with Crippen LogP contribution in [0.25, 0.3) is 0 Å². The number of anilines is 1. The molecule has 2 aromatic carbocycles. The van der Waals surface area contributed by atoms with Gasteiger partial charge < -0.3 is 10.5 Å². The van der Waals surface area contributed by atoms with Gasteiger partial charge in [0, 0.05) is 29.9 Å². The van der Waals surface area contributed by atoms with E-state index < -0.39 is 35.7 Å². The summed E-state index contributed by atoms with van der Waals surface area (Å²) in [4.78, 5) is 28.2. The van der Waals surface area contributed by atoms with Gasteiger partial charge in [-0.15, -0.1) is 0 Å². The van der Waals surface area contributed by atoms with Gasteiger partial charge in [0.1, 0.15) is 6.04 Å². The number of aromatic nitrogens is 1. The van der Waals surface area contributed by atoms with Crippen molar-refractivity contribution in [1.82, 2.24) is 4.90 Å². The second-order valence-electron chi connectivity index (χ2n) is 10.6. The fraction of sp³-hybridized carbons (Fsp3) is 0.281. The molecular formula is C32H32F3N6O3+. The summed E-state index contributed by atoms with van der Waals surface area (Å²) in [5.74, 6) is -1.06. The molecule has 2 heterocycles. The van der Waals surface area contributed by atoms with Gasteiger partial charge in [-0.2, -0.15) is 18.4 Å². The number of ether oxygens (including phenoxy) is 1. The molecule has 2 amide bonds. The summed E-state index contributed by atoms with van der Waals surface area (Å²) in [6, 6.07) is 12.7.